The summed E-state index contributed by atoms with van der Waals surface area (Å²) < 4.78 is 0. The molecule has 0 aromatic rings. The Bertz CT molecular complexity index is 231. The van der Waals surface area contributed by atoms with Crippen LogP contribution >= 0.6 is 12.4 Å². The van der Waals surface area contributed by atoms with Gasteiger partial charge in [0.1, 0.15) is 0 Å². The number of hydrogen-bond donors (Lipinski definition) is 0. The van der Waals surface area contributed by atoms with Gasteiger partial charge in [0.25, 0.3) is 0 Å². The standard InChI is InChI=1S/2C6H7.ClH.Zr.H/c2*1-6-4-2-3-5-6;;;/h2*2,4H,3H2,1H3;1H;;/q2*-1;;+2;-1. The van der Waals surface area contributed by atoms with Gasteiger partial charge < -0.3 is 1.43 Å². The van der Waals surface area contributed by atoms with Crippen molar-refractivity contribution in [3.63, 3.8) is 0 Å². The minimum absolute atomic E-state index is 0. The van der Waals surface area contributed by atoms with Gasteiger partial charge in [-0.2, -0.15) is 12.2 Å². The average molecular weight is 287 g/mol. The summed E-state index contributed by atoms with van der Waals surface area (Å²) in [5, 5.41) is 0. The molecular formula is C12H16ClZr-. The van der Waals surface area contributed by atoms with Gasteiger partial charge >= 0.3 is 26.2 Å². The fourth-order valence-electron chi connectivity index (χ4n) is 1.03. The maximum Gasteiger partial charge on any atom is 2.00 e. The number of hydrogen-bond acceptors (Lipinski definition) is 0. The monoisotopic (exact) mass is 285 g/mol. The first-order valence-electron chi connectivity index (χ1n) is 4.27. The van der Waals surface area contributed by atoms with Gasteiger partial charge in [-0.1, -0.05) is 13.8 Å². The van der Waals surface area contributed by atoms with E-state index in [1.54, 1.807) is 0 Å². The van der Waals surface area contributed by atoms with Crippen LogP contribution in [0.2, 0.25) is 0 Å². The molecular weight excluding hydrogens is 271 g/mol. The summed E-state index contributed by atoms with van der Waals surface area (Å²) in [6.45, 7) is 4.12. The second kappa shape index (κ2) is 9.68. The quantitative estimate of drug-likeness (QED) is 0.592. The van der Waals surface area contributed by atoms with Crippen LogP contribution in [0.3, 0.4) is 0 Å². The summed E-state index contributed by atoms with van der Waals surface area (Å²) in [5.41, 5.74) is 2.55. The Morgan fingerprint density at radius 3 is 1.43 bits per heavy atom. The van der Waals surface area contributed by atoms with Crippen molar-refractivity contribution in [3.05, 3.63) is 47.6 Å². The van der Waals surface area contributed by atoms with Gasteiger partial charge in [-0.05, 0) is 0 Å². The molecule has 0 nitrogen and oxygen atoms in total. The molecule has 0 bridgehead atoms. The van der Waals surface area contributed by atoms with Crippen molar-refractivity contribution >= 4 is 12.4 Å². The van der Waals surface area contributed by atoms with Gasteiger partial charge in [-0.15, -0.1) is 25.2 Å². The van der Waals surface area contributed by atoms with Crippen LogP contribution in [0.25, 0.3) is 0 Å². The van der Waals surface area contributed by atoms with Crippen LogP contribution in [0.15, 0.2) is 35.5 Å². The van der Waals surface area contributed by atoms with Crippen LogP contribution < -0.4 is 0 Å². The van der Waals surface area contributed by atoms with Crippen molar-refractivity contribution in [2.24, 2.45) is 0 Å². The third kappa shape index (κ3) is 7.53. The average Bonchev–Trinajstić information content (AvgIpc) is 2.63. The summed E-state index contributed by atoms with van der Waals surface area (Å²) in [4.78, 5) is 0. The van der Waals surface area contributed by atoms with Crippen LogP contribution in [0.4, 0.5) is 0 Å². The molecule has 2 rings (SSSR count). The van der Waals surface area contributed by atoms with Gasteiger partial charge in [-0.3, -0.25) is 12.2 Å². The summed E-state index contributed by atoms with van der Waals surface area (Å²) in [5.74, 6) is 0. The molecule has 14 heavy (non-hydrogen) atoms. The van der Waals surface area contributed by atoms with Crippen LogP contribution in [0, 0.1) is 12.2 Å². The van der Waals surface area contributed by atoms with E-state index in [1.807, 2.05) is 0 Å². The van der Waals surface area contributed by atoms with E-state index >= 15 is 0 Å². The van der Waals surface area contributed by atoms with Gasteiger partial charge in [0.05, 0.1) is 0 Å². The first kappa shape index (κ1) is 16.6. The molecule has 0 saturated heterocycles. The van der Waals surface area contributed by atoms with Crippen LogP contribution in [-0.2, 0) is 26.2 Å². The van der Waals surface area contributed by atoms with Crippen molar-refractivity contribution in [2.75, 3.05) is 0 Å². The van der Waals surface area contributed by atoms with Crippen LogP contribution in [0.5, 0.6) is 0 Å². The molecule has 2 aliphatic rings. The normalized spacial score (nSPS) is 15.9. The molecule has 2 aliphatic carbocycles. The van der Waals surface area contributed by atoms with Crippen molar-refractivity contribution in [1.82, 2.24) is 0 Å². The van der Waals surface area contributed by atoms with E-state index in [9.17, 15) is 0 Å². The number of halogens is 1. The van der Waals surface area contributed by atoms with E-state index in [0.29, 0.717) is 0 Å². The second-order valence-electron chi connectivity index (χ2n) is 2.93. The van der Waals surface area contributed by atoms with Crippen molar-refractivity contribution in [1.29, 1.82) is 0 Å². The minimum Gasteiger partial charge on any atom is -1.00 e. The number of rotatable bonds is 0. The Morgan fingerprint density at radius 1 is 1.00 bits per heavy atom. The summed E-state index contributed by atoms with van der Waals surface area (Å²) in [6.07, 6.45) is 16.7. The SMILES string of the molecule is CC1=[C-]CC=C1.CC1=[C-]CC=C1.Cl.[H-].[Zr+2]. The van der Waals surface area contributed by atoms with Gasteiger partial charge in [0.15, 0.2) is 0 Å². The predicted molar refractivity (Wildman–Crippen MR) is 60.7 cm³/mol. The van der Waals surface area contributed by atoms with Gasteiger partial charge in [0.2, 0.25) is 0 Å². The summed E-state index contributed by atoms with van der Waals surface area (Å²) in [7, 11) is 0. The fraction of sp³-hybridized carbons (Fsp3) is 0.333. The zero-order valence-corrected chi connectivity index (χ0v) is 11.9. The first-order valence-corrected chi connectivity index (χ1v) is 4.27. The Labute approximate surface area is 114 Å². The van der Waals surface area contributed by atoms with Gasteiger partial charge in [0, 0.05) is 0 Å². The first-order chi connectivity index (χ1) is 5.79. The maximum atomic E-state index is 3.12. The topological polar surface area (TPSA) is 0 Å². The second-order valence-corrected chi connectivity index (χ2v) is 2.93. The minimum atomic E-state index is 0. The van der Waals surface area contributed by atoms with Gasteiger partial charge in [-0.25, -0.2) is 23.3 Å². The van der Waals surface area contributed by atoms with E-state index in [0.717, 1.165) is 12.8 Å². The summed E-state index contributed by atoms with van der Waals surface area (Å²) in [6, 6.07) is 0. The van der Waals surface area contributed by atoms with Crippen molar-refractivity contribution in [2.45, 2.75) is 26.7 Å². The predicted octanol–water partition coefficient (Wildman–Crippen LogP) is 3.92. The Kier molecular flexibility index (Phi) is 11.4. The van der Waals surface area contributed by atoms with E-state index in [2.05, 4.69) is 50.3 Å². The third-order valence-electron chi connectivity index (χ3n) is 1.73. The zero-order valence-electron chi connectivity index (χ0n) is 9.63. The Balaban J connectivity index is -0.000000160. The largest absolute Gasteiger partial charge is 2.00 e. The summed E-state index contributed by atoms with van der Waals surface area (Å²) >= 11 is 0. The molecule has 0 spiro atoms. The van der Waals surface area contributed by atoms with E-state index in [1.165, 1.54) is 11.1 Å². The molecule has 0 fully saturated rings. The van der Waals surface area contributed by atoms with Crippen molar-refractivity contribution < 1.29 is 27.6 Å². The molecule has 0 aliphatic heterocycles. The molecule has 0 amide bonds. The Morgan fingerprint density at radius 2 is 1.36 bits per heavy atom. The maximum absolute atomic E-state index is 3.12. The fourth-order valence-corrected chi connectivity index (χ4v) is 1.03. The molecule has 0 radical (unpaired) electrons. The molecule has 0 saturated carbocycles. The molecule has 2 heteroatoms. The molecule has 0 atom stereocenters. The molecule has 0 N–H and O–H groups in total. The third-order valence-corrected chi connectivity index (χ3v) is 1.73. The smallest absolute Gasteiger partial charge is 1.00 e. The van der Waals surface area contributed by atoms with E-state index in [-0.39, 0.29) is 40.0 Å². The molecule has 0 heterocycles. The molecule has 0 unspecified atom stereocenters. The molecule has 0 aromatic carbocycles. The van der Waals surface area contributed by atoms with E-state index in [4.69, 9.17) is 0 Å². The number of allylic oxidation sites excluding steroid dienone is 8. The van der Waals surface area contributed by atoms with E-state index < -0.39 is 0 Å². The van der Waals surface area contributed by atoms with Crippen molar-refractivity contribution in [3.8, 4) is 0 Å². The zero-order chi connectivity index (χ0) is 8.81. The molecule has 0 aromatic heterocycles. The van der Waals surface area contributed by atoms with Crippen LogP contribution in [-0.4, -0.2) is 0 Å². The molecule has 76 valence electrons. The van der Waals surface area contributed by atoms with Crippen LogP contribution in [0.1, 0.15) is 28.1 Å². The Hall–Kier alpha value is 0.133.